The van der Waals surface area contributed by atoms with Crippen molar-refractivity contribution < 1.29 is 9.53 Å². The zero-order chi connectivity index (χ0) is 17.8. The number of carbonyl (C=O) groups excluding carboxylic acids is 1. The van der Waals surface area contributed by atoms with Gasteiger partial charge in [0, 0.05) is 10.6 Å². The fourth-order valence-corrected chi connectivity index (χ4v) is 3.60. The smallest absolute Gasteiger partial charge is 0.214 e. The second kappa shape index (κ2) is 7.99. The Kier molecular flexibility index (Phi) is 5.72. The van der Waals surface area contributed by atoms with Gasteiger partial charge < -0.3 is 4.74 Å². The average Bonchev–Trinajstić information content (AvgIpc) is 3.08. The molecule has 6 nitrogen and oxygen atoms in total. The van der Waals surface area contributed by atoms with Crippen molar-refractivity contribution in [3.05, 3.63) is 57.5 Å². The van der Waals surface area contributed by atoms with Crippen molar-refractivity contribution >= 4 is 45.1 Å². The number of methoxy groups -OCH3 is 1. The maximum Gasteiger partial charge on any atom is 0.214 e. The van der Waals surface area contributed by atoms with Gasteiger partial charge >= 0.3 is 0 Å². The van der Waals surface area contributed by atoms with Crippen molar-refractivity contribution in [2.45, 2.75) is 5.16 Å². The Hall–Kier alpha value is -1.90. The summed E-state index contributed by atoms with van der Waals surface area (Å²) < 4.78 is 7.45. The zero-order valence-corrected chi connectivity index (χ0v) is 16.2. The average molecular weight is 440 g/mol. The van der Waals surface area contributed by atoms with Gasteiger partial charge in [-0.05, 0) is 62.8 Å². The first kappa shape index (κ1) is 17.9. The fourth-order valence-electron chi connectivity index (χ4n) is 2.09. The molecule has 0 aliphatic rings. The van der Waals surface area contributed by atoms with E-state index in [0.29, 0.717) is 21.5 Å². The highest BCUT2D eigenvalue weighted by Gasteiger charge is 2.14. The number of carbonyl (C=O) groups is 1. The lowest BCUT2D eigenvalue weighted by Crippen LogP contribution is -2.05. The molecule has 0 unspecified atom stereocenters. The van der Waals surface area contributed by atoms with Crippen molar-refractivity contribution in [1.82, 2.24) is 20.2 Å². The molecule has 0 radical (unpaired) electrons. The van der Waals surface area contributed by atoms with Crippen molar-refractivity contribution in [3.8, 4) is 11.4 Å². The van der Waals surface area contributed by atoms with Gasteiger partial charge in [0.1, 0.15) is 5.75 Å². The number of ether oxygens (including phenoxy) is 1. The van der Waals surface area contributed by atoms with E-state index in [-0.39, 0.29) is 11.5 Å². The van der Waals surface area contributed by atoms with Gasteiger partial charge in [-0.2, -0.15) is 4.68 Å². The third kappa shape index (κ3) is 4.20. The Morgan fingerprint density at radius 3 is 2.88 bits per heavy atom. The minimum absolute atomic E-state index is 0.0333. The lowest BCUT2D eigenvalue weighted by molar-refractivity contribution is 0.102. The molecule has 0 amide bonds. The van der Waals surface area contributed by atoms with Crippen LogP contribution in [0.3, 0.4) is 0 Å². The quantitative estimate of drug-likeness (QED) is 0.426. The third-order valence-corrected chi connectivity index (χ3v) is 5.07. The molecule has 0 bridgehead atoms. The van der Waals surface area contributed by atoms with Crippen LogP contribution in [-0.2, 0) is 0 Å². The molecule has 0 aliphatic carbocycles. The summed E-state index contributed by atoms with van der Waals surface area (Å²) in [4.78, 5) is 12.4. The Morgan fingerprint density at radius 2 is 2.16 bits per heavy atom. The Bertz CT molecular complexity index is 919. The maximum absolute atomic E-state index is 12.4. The van der Waals surface area contributed by atoms with E-state index in [1.54, 1.807) is 42.1 Å². The monoisotopic (exact) mass is 438 g/mol. The first-order valence-corrected chi connectivity index (χ1v) is 9.28. The van der Waals surface area contributed by atoms with E-state index in [9.17, 15) is 4.79 Å². The molecule has 25 heavy (non-hydrogen) atoms. The molecule has 0 N–H and O–H groups in total. The molecule has 3 aromatic rings. The summed E-state index contributed by atoms with van der Waals surface area (Å²) in [5, 5.41) is 12.7. The van der Waals surface area contributed by atoms with Gasteiger partial charge in [-0.3, -0.25) is 4.79 Å². The molecule has 0 saturated carbocycles. The van der Waals surface area contributed by atoms with Crippen LogP contribution >= 0.6 is 39.3 Å². The number of tetrazole rings is 1. The Labute approximate surface area is 161 Å². The van der Waals surface area contributed by atoms with Gasteiger partial charge in [0.25, 0.3) is 0 Å². The van der Waals surface area contributed by atoms with E-state index >= 15 is 0 Å². The van der Waals surface area contributed by atoms with Gasteiger partial charge in [0.15, 0.2) is 5.78 Å². The zero-order valence-electron chi connectivity index (χ0n) is 13.0. The summed E-state index contributed by atoms with van der Waals surface area (Å²) in [6.45, 7) is 0. The molecular weight excluding hydrogens is 428 g/mol. The van der Waals surface area contributed by atoms with Crippen molar-refractivity contribution in [3.63, 3.8) is 0 Å². The Balaban J connectivity index is 1.73. The summed E-state index contributed by atoms with van der Waals surface area (Å²) in [6.07, 6.45) is 0. The van der Waals surface area contributed by atoms with Crippen LogP contribution in [0.15, 0.2) is 52.1 Å². The number of halogens is 2. The molecule has 0 spiro atoms. The normalized spacial score (nSPS) is 10.7. The van der Waals surface area contributed by atoms with Gasteiger partial charge in [-0.25, -0.2) is 0 Å². The van der Waals surface area contributed by atoms with Gasteiger partial charge in [-0.15, -0.1) is 5.10 Å². The first-order chi connectivity index (χ1) is 12.1. The highest BCUT2D eigenvalue weighted by atomic mass is 79.9. The van der Waals surface area contributed by atoms with Crippen molar-refractivity contribution in [1.29, 1.82) is 0 Å². The Morgan fingerprint density at radius 1 is 1.32 bits per heavy atom. The topological polar surface area (TPSA) is 69.9 Å². The van der Waals surface area contributed by atoms with E-state index in [1.165, 1.54) is 11.8 Å². The molecule has 2 aromatic carbocycles. The third-order valence-electron chi connectivity index (χ3n) is 3.30. The van der Waals surface area contributed by atoms with Crippen molar-refractivity contribution in [2.24, 2.45) is 0 Å². The number of rotatable bonds is 6. The van der Waals surface area contributed by atoms with Crippen LogP contribution in [0.2, 0.25) is 5.02 Å². The molecule has 3 rings (SSSR count). The molecule has 0 aliphatic heterocycles. The van der Waals surface area contributed by atoms with Gasteiger partial charge in [-0.1, -0.05) is 29.4 Å². The summed E-state index contributed by atoms with van der Waals surface area (Å²) >= 11 is 10.6. The van der Waals surface area contributed by atoms with Crippen LogP contribution in [0, 0.1) is 0 Å². The molecule has 0 atom stereocenters. The van der Waals surface area contributed by atoms with Crippen LogP contribution in [0.4, 0.5) is 0 Å². The second-order valence-electron chi connectivity index (χ2n) is 4.91. The fraction of sp³-hybridized carbons (Fsp3) is 0.125. The van der Waals surface area contributed by atoms with E-state index in [2.05, 4.69) is 31.5 Å². The van der Waals surface area contributed by atoms with Gasteiger partial charge in [0.05, 0.1) is 23.0 Å². The molecule has 9 heteroatoms. The largest absolute Gasteiger partial charge is 0.496 e. The first-order valence-electron chi connectivity index (χ1n) is 7.12. The number of thioether (sulfide) groups is 1. The molecule has 0 fully saturated rings. The number of ketones is 1. The minimum atomic E-state index is -0.0333. The van der Waals surface area contributed by atoms with Crippen LogP contribution in [0.25, 0.3) is 5.69 Å². The van der Waals surface area contributed by atoms with E-state index in [4.69, 9.17) is 16.3 Å². The molecule has 1 aromatic heterocycles. The van der Waals surface area contributed by atoms with E-state index in [1.807, 2.05) is 12.1 Å². The highest BCUT2D eigenvalue weighted by Crippen LogP contribution is 2.27. The predicted molar refractivity (Wildman–Crippen MR) is 99.9 cm³/mol. The SMILES string of the molecule is COc1ccc(C(=O)CSc2nnnn2-c2cccc(Cl)c2)cc1Br. The van der Waals surface area contributed by atoms with Crippen molar-refractivity contribution in [2.75, 3.05) is 12.9 Å². The lowest BCUT2D eigenvalue weighted by Gasteiger charge is -2.06. The molecule has 1 heterocycles. The van der Waals surface area contributed by atoms with Crippen LogP contribution in [0.5, 0.6) is 5.75 Å². The van der Waals surface area contributed by atoms with E-state index < -0.39 is 0 Å². The number of nitrogens with zero attached hydrogens (tertiary/aromatic N) is 4. The second-order valence-corrected chi connectivity index (χ2v) is 7.15. The summed E-state index contributed by atoms with van der Waals surface area (Å²) in [5.74, 6) is 0.850. The van der Waals surface area contributed by atoms with Crippen LogP contribution in [0.1, 0.15) is 10.4 Å². The van der Waals surface area contributed by atoms with E-state index in [0.717, 1.165) is 10.2 Å². The molecular formula is C16H12BrClN4O2S. The number of Topliss-reactive ketones (excluding diaryl/α,β-unsaturated/α-hetero) is 1. The van der Waals surface area contributed by atoms with Crippen LogP contribution < -0.4 is 4.74 Å². The number of hydrogen-bond donors (Lipinski definition) is 0. The summed E-state index contributed by atoms with van der Waals surface area (Å²) in [5.41, 5.74) is 1.32. The number of aromatic nitrogens is 4. The minimum Gasteiger partial charge on any atom is -0.496 e. The summed E-state index contributed by atoms with van der Waals surface area (Å²) in [7, 11) is 1.58. The predicted octanol–water partition coefficient (Wildman–Crippen LogP) is 4.06. The summed E-state index contributed by atoms with van der Waals surface area (Å²) in [6, 6.07) is 12.4. The van der Waals surface area contributed by atoms with Crippen LogP contribution in [-0.4, -0.2) is 38.9 Å². The lowest BCUT2D eigenvalue weighted by atomic mass is 10.1. The molecule has 128 valence electrons. The maximum atomic E-state index is 12.4. The van der Waals surface area contributed by atoms with Gasteiger partial charge in [0.2, 0.25) is 5.16 Å². The standard InChI is InChI=1S/C16H12BrClN4O2S/c1-24-15-6-5-10(7-13(15)17)14(23)9-25-16-19-20-21-22(16)12-4-2-3-11(18)8-12/h2-8H,9H2,1H3. The highest BCUT2D eigenvalue weighted by molar-refractivity contribution is 9.10. The molecule has 0 saturated heterocycles. The number of hydrogen-bond acceptors (Lipinski definition) is 6. The number of benzene rings is 2.